The van der Waals surface area contributed by atoms with Crippen LogP contribution >= 0.6 is 11.6 Å². The van der Waals surface area contributed by atoms with Crippen LogP contribution in [-0.2, 0) is 0 Å². The van der Waals surface area contributed by atoms with E-state index in [1.807, 2.05) is 6.07 Å². The van der Waals surface area contributed by atoms with E-state index in [4.69, 9.17) is 16.9 Å². The van der Waals surface area contributed by atoms with Crippen LogP contribution in [-0.4, -0.2) is 10.9 Å². The molecule has 0 spiro atoms. The van der Waals surface area contributed by atoms with Crippen molar-refractivity contribution in [2.45, 2.75) is 0 Å². The second kappa shape index (κ2) is 5.46. The van der Waals surface area contributed by atoms with Gasteiger partial charge in [-0.15, -0.1) is 0 Å². The zero-order chi connectivity index (χ0) is 13.8. The Morgan fingerprint density at radius 2 is 2.16 bits per heavy atom. The molecule has 0 saturated carbocycles. The Labute approximate surface area is 113 Å². The molecule has 0 saturated heterocycles. The van der Waals surface area contributed by atoms with E-state index < -0.39 is 11.7 Å². The fourth-order valence-electron chi connectivity index (χ4n) is 1.42. The number of hydrogen-bond acceptors (Lipinski definition) is 3. The van der Waals surface area contributed by atoms with Gasteiger partial charge in [-0.3, -0.25) is 4.79 Å². The molecule has 1 amide bonds. The summed E-state index contributed by atoms with van der Waals surface area (Å²) in [6, 6.07) is 8.44. The number of nitriles is 1. The second-order valence-corrected chi connectivity index (χ2v) is 4.02. The number of nitrogens with zero attached hydrogens (tertiary/aromatic N) is 2. The molecule has 1 N–H and O–H groups in total. The highest BCUT2D eigenvalue weighted by Gasteiger charge is 2.10. The smallest absolute Gasteiger partial charge is 0.255 e. The molecule has 1 aromatic heterocycles. The van der Waals surface area contributed by atoms with Gasteiger partial charge < -0.3 is 5.32 Å². The topological polar surface area (TPSA) is 65.8 Å². The molecule has 0 unspecified atom stereocenters. The summed E-state index contributed by atoms with van der Waals surface area (Å²) in [6.45, 7) is 0. The van der Waals surface area contributed by atoms with Crippen LogP contribution in [0.3, 0.4) is 0 Å². The van der Waals surface area contributed by atoms with E-state index in [2.05, 4.69) is 10.3 Å². The number of hydrogen-bond donors (Lipinski definition) is 1. The van der Waals surface area contributed by atoms with Gasteiger partial charge in [0, 0.05) is 11.8 Å². The van der Waals surface area contributed by atoms with E-state index >= 15 is 0 Å². The van der Waals surface area contributed by atoms with Crippen molar-refractivity contribution in [3.8, 4) is 6.07 Å². The summed E-state index contributed by atoms with van der Waals surface area (Å²) in [4.78, 5) is 15.6. The Bertz CT molecular complexity index is 682. The van der Waals surface area contributed by atoms with Gasteiger partial charge in [0.15, 0.2) is 0 Å². The van der Waals surface area contributed by atoms with Crippen molar-refractivity contribution in [3.63, 3.8) is 0 Å². The number of anilines is 1. The second-order valence-electron chi connectivity index (χ2n) is 3.63. The average molecular weight is 276 g/mol. The average Bonchev–Trinajstić information content (AvgIpc) is 2.41. The van der Waals surface area contributed by atoms with Crippen molar-refractivity contribution in [3.05, 3.63) is 58.6 Å². The van der Waals surface area contributed by atoms with E-state index in [1.54, 1.807) is 0 Å². The van der Waals surface area contributed by atoms with Gasteiger partial charge in [-0.25, -0.2) is 9.37 Å². The number of carbonyl (C=O) groups excluding carboxylic acids is 1. The van der Waals surface area contributed by atoms with Crippen LogP contribution in [0.1, 0.15) is 15.9 Å². The van der Waals surface area contributed by atoms with E-state index in [9.17, 15) is 9.18 Å². The molecule has 0 bridgehead atoms. The van der Waals surface area contributed by atoms with Gasteiger partial charge in [0.2, 0.25) is 0 Å². The molecule has 0 aliphatic rings. The van der Waals surface area contributed by atoms with Gasteiger partial charge >= 0.3 is 0 Å². The van der Waals surface area contributed by atoms with Gasteiger partial charge in [-0.1, -0.05) is 11.6 Å². The van der Waals surface area contributed by atoms with E-state index in [0.29, 0.717) is 0 Å². The highest BCUT2D eigenvalue weighted by molar-refractivity contribution is 6.29. The molecule has 1 heterocycles. The number of rotatable bonds is 2. The molecule has 0 radical (unpaired) electrons. The first-order valence-corrected chi connectivity index (χ1v) is 5.60. The van der Waals surface area contributed by atoms with Gasteiger partial charge in [0.1, 0.15) is 11.0 Å². The van der Waals surface area contributed by atoms with Crippen molar-refractivity contribution in [1.82, 2.24) is 4.98 Å². The molecule has 0 atom stereocenters. The van der Waals surface area contributed by atoms with Crippen LogP contribution < -0.4 is 5.32 Å². The maximum Gasteiger partial charge on any atom is 0.255 e. The van der Waals surface area contributed by atoms with Crippen LogP contribution in [0.25, 0.3) is 0 Å². The molecule has 0 aliphatic heterocycles. The van der Waals surface area contributed by atoms with Crippen molar-refractivity contribution >= 4 is 23.2 Å². The summed E-state index contributed by atoms with van der Waals surface area (Å²) in [5.41, 5.74) is 0.447. The first kappa shape index (κ1) is 13.0. The SMILES string of the molecule is N#Cc1ccc(NC(=O)c2ccnc(Cl)c2)c(F)c1. The number of carbonyl (C=O) groups is 1. The lowest BCUT2D eigenvalue weighted by molar-refractivity contribution is 0.102. The van der Waals surface area contributed by atoms with Crippen LogP contribution in [0, 0.1) is 17.1 Å². The van der Waals surface area contributed by atoms with Crippen molar-refractivity contribution in [2.24, 2.45) is 0 Å². The van der Waals surface area contributed by atoms with Gasteiger partial charge in [0.05, 0.1) is 17.3 Å². The van der Waals surface area contributed by atoms with E-state index in [0.717, 1.165) is 6.07 Å². The van der Waals surface area contributed by atoms with Gasteiger partial charge in [-0.05, 0) is 30.3 Å². The van der Waals surface area contributed by atoms with Crippen molar-refractivity contribution in [2.75, 3.05) is 5.32 Å². The molecule has 94 valence electrons. The third-order valence-electron chi connectivity index (χ3n) is 2.34. The summed E-state index contributed by atoms with van der Waals surface area (Å²) in [7, 11) is 0. The summed E-state index contributed by atoms with van der Waals surface area (Å²) in [5.74, 6) is -1.18. The van der Waals surface area contributed by atoms with E-state index in [-0.39, 0.29) is 22.0 Å². The number of halogens is 2. The number of benzene rings is 1. The molecule has 2 rings (SSSR count). The lowest BCUT2D eigenvalue weighted by atomic mass is 10.2. The number of aromatic nitrogens is 1. The molecule has 0 aliphatic carbocycles. The quantitative estimate of drug-likeness (QED) is 0.857. The highest BCUT2D eigenvalue weighted by Crippen LogP contribution is 2.17. The van der Waals surface area contributed by atoms with Crippen LogP contribution in [0.4, 0.5) is 10.1 Å². The predicted octanol–water partition coefficient (Wildman–Crippen LogP) is 3.00. The molecule has 2 aromatic rings. The Kier molecular flexibility index (Phi) is 3.74. The standard InChI is InChI=1S/C13H7ClFN3O/c14-12-6-9(3-4-17-12)13(19)18-11-2-1-8(7-16)5-10(11)15/h1-6H,(H,18,19). The van der Waals surface area contributed by atoms with Crippen molar-refractivity contribution in [1.29, 1.82) is 5.26 Å². The summed E-state index contributed by atoms with van der Waals surface area (Å²) < 4.78 is 13.6. The lowest BCUT2D eigenvalue weighted by Crippen LogP contribution is -2.13. The van der Waals surface area contributed by atoms with Crippen LogP contribution in [0.15, 0.2) is 36.5 Å². The number of pyridine rings is 1. The largest absolute Gasteiger partial charge is 0.319 e. The molecule has 4 nitrogen and oxygen atoms in total. The molecular formula is C13H7ClFN3O. The van der Waals surface area contributed by atoms with Gasteiger partial charge in [-0.2, -0.15) is 5.26 Å². The number of amides is 1. The van der Waals surface area contributed by atoms with Crippen molar-refractivity contribution < 1.29 is 9.18 Å². The van der Waals surface area contributed by atoms with E-state index in [1.165, 1.54) is 30.5 Å². The highest BCUT2D eigenvalue weighted by atomic mass is 35.5. The number of nitrogens with one attached hydrogen (secondary N) is 1. The third-order valence-corrected chi connectivity index (χ3v) is 2.54. The fraction of sp³-hybridized carbons (Fsp3) is 0. The van der Waals surface area contributed by atoms with Crippen LogP contribution in [0.5, 0.6) is 0 Å². The molecule has 19 heavy (non-hydrogen) atoms. The van der Waals surface area contributed by atoms with Crippen LogP contribution in [0.2, 0.25) is 5.15 Å². The normalized spacial score (nSPS) is 9.74. The Hall–Kier alpha value is -2.45. The zero-order valence-electron chi connectivity index (χ0n) is 9.52. The maximum absolute atomic E-state index is 13.6. The summed E-state index contributed by atoms with van der Waals surface area (Å²) in [5, 5.41) is 11.2. The minimum absolute atomic E-state index is 0.00284. The Morgan fingerprint density at radius 1 is 1.37 bits per heavy atom. The lowest BCUT2D eigenvalue weighted by Gasteiger charge is -2.06. The minimum atomic E-state index is -0.674. The first-order valence-electron chi connectivity index (χ1n) is 5.22. The Balaban J connectivity index is 2.22. The zero-order valence-corrected chi connectivity index (χ0v) is 10.3. The summed E-state index contributed by atoms with van der Waals surface area (Å²) >= 11 is 5.66. The third kappa shape index (κ3) is 3.06. The summed E-state index contributed by atoms with van der Waals surface area (Å²) in [6.07, 6.45) is 1.38. The monoisotopic (exact) mass is 275 g/mol. The maximum atomic E-state index is 13.6. The van der Waals surface area contributed by atoms with Gasteiger partial charge in [0.25, 0.3) is 5.91 Å². The molecule has 1 aromatic carbocycles. The Morgan fingerprint density at radius 3 is 2.79 bits per heavy atom. The molecule has 6 heteroatoms. The molecule has 0 fully saturated rings. The molecular weight excluding hydrogens is 269 g/mol. The predicted molar refractivity (Wildman–Crippen MR) is 68.3 cm³/mol. The fourth-order valence-corrected chi connectivity index (χ4v) is 1.60. The first-order chi connectivity index (χ1) is 9.10. The minimum Gasteiger partial charge on any atom is -0.319 e.